The SMILES string of the molecule is COC(=O)c1cccc(C(=O)NCCNc2cnccn2)c1. The molecule has 0 unspecified atom stereocenters. The van der Waals surface area contributed by atoms with Crippen LogP contribution in [0.25, 0.3) is 0 Å². The molecular weight excluding hydrogens is 284 g/mol. The van der Waals surface area contributed by atoms with E-state index in [9.17, 15) is 9.59 Å². The quantitative estimate of drug-likeness (QED) is 0.613. The molecule has 2 N–H and O–H groups in total. The van der Waals surface area contributed by atoms with Gasteiger partial charge in [-0.15, -0.1) is 0 Å². The van der Waals surface area contributed by atoms with Gasteiger partial charge in [-0.25, -0.2) is 9.78 Å². The second-order valence-electron chi connectivity index (χ2n) is 4.35. The minimum atomic E-state index is -0.473. The molecule has 0 aliphatic carbocycles. The molecule has 1 amide bonds. The maximum absolute atomic E-state index is 12.0. The molecule has 0 aliphatic rings. The molecule has 1 aromatic carbocycles. The fraction of sp³-hybridized carbons (Fsp3) is 0.200. The standard InChI is InChI=1S/C15H16N4O3/c1-22-15(21)12-4-2-3-11(9-12)14(20)19-8-7-18-13-10-16-5-6-17-13/h2-6,9-10H,7-8H2,1H3,(H,17,18)(H,19,20). The topological polar surface area (TPSA) is 93.2 Å². The lowest BCUT2D eigenvalue weighted by molar-refractivity contribution is 0.0600. The number of carbonyl (C=O) groups is 2. The van der Waals surface area contributed by atoms with Gasteiger partial charge in [0.2, 0.25) is 0 Å². The molecular formula is C15H16N4O3. The monoisotopic (exact) mass is 300 g/mol. The highest BCUT2D eigenvalue weighted by Gasteiger charge is 2.10. The van der Waals surface area contributed by atoms with Gasteiger partial charge in [-0.2, -0.15) is 0 Å². The number of nitrogens with zero attached hydrogens (tertiary/aromatic N) is 2. The summed E-state index contributed by atoms with van der Waals surface area (Å²) < 4.78 is 4.63. The van der Waals surface area contributed by atoms with Crippen molar-refractivity contribution < 1.29 is 14.3 Å². The van der Waals surface area contributed by atoms with Crippen molar-refractivity contribution >= 4 is 17.7 Å². The molecule has 0 radical (unpaired) electrons. The number of methoxy groups -OCH3 is 1. The van der Waals surface area contributed by atoms with Crippen LogP contribution in [0.15, 0.2) is 42.9 Å². The lowest BCUT2D eigenvalue weighted by Crippen LogP contribution is -2.29. The molecule has 0 saturated carbocycles. The first-order valence-corrected chi connectivity index (χ1v) is 6.67. The minimum Gasteiger partial charge on any atom is -0.465 e. The first-order valence-electron chi connectivity index (χ1n) is 6.67. The Hall–Kier alpha value is -2.96. The summed E-state index contributed by atoms with van der Waals surface area (Å²) in [6.45, 7) is 0.930. The van der Waals surface area contributed by atoms with E-state index in [2.05, 4.69) is 25.3 Å². The highest BCUT2D eigenvalue weighted by atomic mass is 16.5. The number of esters is 1. The predicted octanol–water partition coefficient (Wildman–Crippen LogP) is 1.11. The number of hydrogen-bond donors (Lipinski definition) is 2. The number of benzene rings is 1. The van der Waals surface area contributed by atoms with Crippen LogP contribution in [-0.4, -0.2) is 42.0 Å². The van der Waals surface area contributed by atoms with Gasteiger partial charge in [-0.1, -0.05) is 6.07 Å². The van der Waals surface area contributed by atoms with Crippen LogP contribution in [0.4, 0.5) is 5.82 Å². The Morgan fingerprint density at radius 2 is 2.00 bits per heavy atom. The van der Waals surface area contributed by atoms with Crippen molar-refractivity contribution in [2.24, 2.45) is 0 Å². The van der Waals surface area contributed by atoms with Crippen LogP contribution < -0.4 is 10.6 Å². The Labute approximate surface area is 127 Å². The van der Waals surface area contributed by atoms with Gasteiger partial charge in [0.15, 0.2) is 0 Å². The van der Waals surface area contributed by atoms with E-state index in [1.807, 2.05) is 0 Å². The Bertz CT molecular complexity index is 646. The molecule has 0 aliphatic heterocycles. The second-order valence-corrected chi connectivity index (χ2v) is 4.35. The van der Waals surface area contributed by atoms with Crippen LogP contribution in [0.1, 0.15) is 20.7 Å². The number of hydrogen-bond acceptors (Lipinski definition) is 6. The fourth-order valence-electron chi connectivity index (χ4n) is 1.76. The van der Waals surface area contributed by atoms with Crippen molar-refractivity contribution in [3.63, 3.8) is 0 Å². The third kappa shape index (κ3) is 4.27. The summed E-state index contributed by atoms with van der Waals surface area (Å²) >= 11 is 0. The van der Waals surface area contributed by atoms with Crippen LogP contribution in [0.2, 0.25) is 0 Å². The molecule has 22 heavy (non-hydrogen) atoms. The van der Waals surface area contributed by atoms with Crippen LogP contribution in [0, 0.1) is 0 Å². The number of anilines is 1. The number of carbonyl (C=O) groups excluding carboxylic acids is 2. The molecule has 114 valence electrons. The van der Waals surface area contributed by atoms with Crippen LogP contribution >= 0.6 is 0 Å². The average Bonchev–Trinajstić information content (AvgIpc) is 2.59. The molecule has 1 heterocycles. The lowest BCUT2D eigenvalue weighted by atomic mass is 10.1. The van der Waals surface area contributed by atoms with Gasteiger partial charge in [0.05, 0.1) is 18.9 Å². The summed E-state index contributed by atoms with van der Waals surface area (Å²) in [6.07, 6.45) is 4.77. The summed E-state index contributed by atoms with van der Waals surface area (Å²) in [6, 6.07) is 6.37. The van der Waals surface area contributed by atoms with E-state index >= 15 is 0 Å². The van der Waals surface area contributed by atoms with E-state index in [1.54, 1.807) is 36.8 Å². The highest BCUT2D eigenvalue weighted by molar-refractivity contribution is 5.97. The Morgan fingerprint density at radius 3 is 2.73 bits per heavy atom. The summed E-state index contributed by atoms with van der Waals surface area (Å²) in [7, 11) is 1.30. The molecule has 1 aromatic heterocycles. The van der Waals surface area contributed by atoms with Crippen molar-refractivity contribution in [2.75, 3.05) is 25.5 Å². The largest absolute Gasteiger partial charge is 0.465 e. The van der Waals surface area contributed by atoms with Crippen molar-refractivity contribution in [1.29, 1.82) is 0 Å². The zero-order valence-electron chi connectivity index (χ0n) is 12.1. The summed E-state index contributed by atoms with van der Waals surface area (Å²) in [5.74, 6) is -0.0879. The predicted molar refractivity (Wildman–Crippen MR) is 80.6 cm³/mol. The second kappa shape index (κ2) is 7.72. The zero-order valence-corrected chi connectivity index (χ0v) is 12.1. The molecule has 0 saturated heterocycles. The minimum absolute atomic E-state index is 0.258. The molecule has 7 heteroatoms. The Balaban J connectivity index is 1.83. The van der Waals surface area contributed by atoms with Crippen molar-refractivity contribution in [3.05, 3.63) is 54.0 Å². The number of amides is 1. The molecule has 2 aromatic rings. The lowest BCUT2D eigenvalue weighted by Gasteiger charge is -2.07. The van der Waals surface area contributed by atoms with Gasteiger partial charge < -0.3 is 15.4 Å². The van der Waals surface area contributed by atoms with E-state index < -0.39 is 5.97 Å². The average molecular weight is 300 g/mol. The molecule has 0 spiro atoms. The van der Waals surface area contributed by atoms with E-state index in [1.165, 1.54) is 13.2 Å². The summed E-state index contributed by atoms with van der Waals surface area (Å²) in [5.41, 5.74) is 0.746. The highest BCUT2D eigenvalue weighted by Crippen LogP contribution is 2.06. The smallest absolute Gasteiger partial charge is 0.337 e. The fourth-order valence-corrected chi connectivity index (χ4v) is 1.76. The van der Waals surface area contributed by atoms with E-state index in [-0.39, 0.29) is 5.91 Å². The number of rotatable bonds is 6. The number of aromatic nitrogens is 2. The maximum atomic E-state index is 12.0. The zero-order chi connectivity index (χ0) is 15.8. The maximum Gasteiger partial charge on any atom is 0.337 e. The molecule has 7 nitrogen and oxygen atoms in total. The van der Waals surface area contributed by atoms with Gasteiger partial charge in [0, 0.05) is 31.0 Å². The van der Waals surface area contributed by atoms with Crippen molar-refractivity contribution in [1.82, 2.24) is 15.3 Å². The first-order chi connectivity index (χ1) is 10.7. The van der Waals surface area contributed by atoms with Gasteiger partial charge in [0.25, 0.3) is 5.91 Å². The van der Waals surface area contributed by atoms with Gasteiger partial charge in [-0.05, 0) is 18.2 Å². The van der Waals surface area contributed by atoms with E-state index in [0.717, 1.165) is 0 Å². The first kappa shape index (κ1) is 15.4. The van der Waals surface area contributed by atoms with E-state index in [4.69, 9.17) is 0 Å². The van der Waals surface area contributed by atoms with Gasteiger partial charge in [0.1, 0.15) is 5.82 Å². The molecule has 0 atom stereocenters. The molecule has 2 rings (SSSR count). The summed E-state index contributed by atoms with van der Waals surface area (Å²) in [5, 5.41) is 5.78. The van der Waals surface area contributed by atoms with Crippen LogP contribution in [0.3, 0.4) is 0 Å². The Kier molecular flexibility index (Phi) is 5.42. The van der Waals surface area contributed by atoms with Gasteiger partial charge >= 0.3 is 5.97 Å². The third-order valence-electron chi connectivity index (χ3n) is 2.83. The number of nitrogens with one attached hydrogen (secondary N) is 2. The Morgan fingerprint density at radius 1 is 1.18 bits per heavy atom. The number of ether oxygens (including phenoxy) is 1. The molecule has 0 bridgehead atoms. The van der Waals surface area contributed by atoms with E-state index in [0.29, 0.717) is 30.0 Å². The summed E-state index contributed by atoms with van der Waals surface area (Å²) in [4.78, 5) is 31.4. The third-order valence-corrected chi connectivity index (χ3v) is 2.83. The van der Waals surface area contributed by atoms with Crippen LogP contribution in [0.5, 0.6) is 0 Å². The molecule has 0 fully saturated rings. The van der Waals surface area contributed by atoms with Crippen molar-refractivity contribution in [3.8, 4) is 0 Å². The van der Waals surface area contributed by atoms with Crippen molar-refractivity contribution in [2.45, 2.75) is 0 Å². The normalized spacial score (nSPS) is 9.86. The van der Waals surface area contributed by atoms with Gasteiger partial charge in [-0.3, -0.25) is 9.78 Å². The van der Waals surface area contributed by atoms with Crippen LogP contribution in [-0.2, 0) is 4.74 Å².